The maximum atomic E-state index is 13.1. The van der Waals surface area contributed by atoms with Crippen molar-refractivity contribution in [1.29, 1.82) is 0 Å². The first-order chi connectivity index (χ1) is 23.6. The van der Waals surface area contributed by atoms with Gasteiger partial charge in [-0.2, -0.15) is 0 Å². The highest BCUT2D eigenvalue weighted by molar-refractivity contribution is 9.10. The molecule has 262 valence electrons. The van der Waals surface area contributed by atoms with Crippen LogP contribution < -0.4 is 0 Å². The Labute approximate surface area is 309 Å². The maximum Gasteiger partial charge on any atom is 0.411 e. The molecule has 10 nitrogen and oxygen atoms in total. The second-order valence-corrected chi connectivity index (χ2v) is 17.7. The van der Waals surface area contributed by atoms with Crippen molar-refractivity contribution in [2.45, 2.75) is 103 Å². The van der Waals surface area contributed by atoms with Gasteiger partial charge in [-0.1, -0.05) is 48.5 Å². The summed E-state index contributed by atoms with van der Waals surface area (Å²) in [6.07, 6.45) is 3.30. The molecule has 2 saturated carbocycles. The molecule has 4 heterocycles. The third kappa shape index (κ3) is 6.38. The number of carbonyl (C=O) groups excluding carboxylic acids is 2. The number of nitrogens with zero attached hydrogens (tertiary/aromatic N) is 4. The average molecular weight is 807 g/mol. The normalized spacial score (nSPS) is 25.4. The number of ether oxygens (including phenoxy) is 2. The molecule has 0 radical (unpaired) electrons. The van der Waals surface area contributed by atoms with Crippen LogP contribution in [0.3, 0.4) is 0 Å². The molecule has 2 aromatic heterocycles. The van der Waals surface area contributed by atoms with E-state index in [9.17, 15) is 9.59 Å². The summed E-state index contributed by atoms with van der Waals surface area (Å²) in [4.78, 5) is 46.7. The topological polar surface area (TPSA) is 116 Å². The predicted molar refractivity (Wildman–Crippen MR) is 197 cm³/mol. The Morgan fingerprint density at radius 1 is 0.620 bits per heavy atom. The van der Waals surface area contributed by atoms with Crippen molar-refractivity contribution in [3.8, 4) is 33.6 Å². The van der Waals surface area contributed by atoms with E-state index in [1.807, 2.05) is 51.3 Å². The zero-order valence-electron chi connectivity index (χ0n) is 29.1. The van der Waals surface area contributed by atoms with Crippen molar-refractivity contribution in [2.24, 2.45) is 11.8 Å². The standard InChI is InChI=1S/C38H42Br2N6O4/c1-37(2,3)49-35(47)45-25-15-23(25)17-27(45)33-41-29(31(39)43-33)21-11-7-19(8-12-21)20-9-13-22(14-10-20)30-32(40)44-34(42-30)28-18-24-16-26(24)46(28)36(48)50-38(4,5)6/h7-14,23-28H,15-18H2,1-6H3,(H,41,43)(H,42,44)/t23-,24?,25?,26-,27+,28+/m1/s1. The van der Waals surface area contributed by atoms with Crippen LogP contribution in [0.15, 0.2) is 57.7 Å². The summed E-state index contributed by atoms with van der Waals surface area (Å²) < 4.78 is 13.1. The monoisotopic (exact) mass is 804 g/mol. The number of hydrogen-bond acceptors (Lipinski definition) is 6. The van der Waals surface area contributed by atoms with Crippen molar-refractivity contribution < 1.29 is 19.1 Å². The highest BCUT2D eigenvalue weighted by Crippen LogP contribution is 2.55. The molecule has 2 unspecified atom stereocenters. The van der Waals surface area contributed by atoms with Gasteiger partial charge in [-0.3, -0.25) is 9.80 Å². The van der Waals surface area contributed by atoms with Gasteiger partial charge in [-0.05, 0) is 122 Å². The maximum absolute atomic E-state index is 13.1. The molecule has 4 aliphatic rings. The smallest absolute Gasteiger partial charge is 0.411 e. The highest BCUT2D eigenvalue weighted by Gasteiger charge is 2.57. The summed E-state index contributed by atoms with van der Waals surface area (Å²) in [5.41, 5.74) is 4.65. The van der Waals surface area contributed by atoms with Crippen LogP contribution in [0.1, 0.15) is 91.0 Å². The van der Waals surface area contributed by atoms with Crippen LogP contribution in [0, 0.1) is 11.8 Å². The van der Waals surface area contributed by atoms with Gasteiger partial charge < -0.3 is 19.4 Å². The number of hydrogen-bond donors (Lipinski definition) is 2. The van der Waals surface area contributed by atoms with Gasteiger partial charge in [0.15, 0.2) is 0 Å². The Morgan fingerprint density at radius 3 is 1.30 bits per heavy atom. The van der Waals surface area contributed by atoms with Crippen molar-refractivity contribution in [1.82, 2.24) is 29.7 Å². The molecule has 50 heavy (non-hydrogen) atoms. The van der Waals surface area contributed by atoms with Gasteiger partial charge in [0.1, 0.15) is 43.4 Å². The molecule has 0 bridgehead atoms. The molecular weight excluding hydrogens is 764 g/mol. The average Bonchev–Trinajstić information content (AvgIpc) is 3.73. The van der Waals surface area contributed by atoms with Crippen molar-refractivity contribution in [2.75, 3.05) is 0 Å². The number of carbonyl (C=O) groups is 2. The van der Waals surface area contributed by atoms with Crippen LogP contribution >= 0.6 is 31.9 Å². The summed E-state index contributed by atoms with van der Waals surface area (Å²) in [5.74, 6) is 2.57. The number of benzene rings is 2. The summed E-state index contributed by atoms with van der Waals surface area (Å²) >= 11 is 7.38. The fourth-order valence-corrected chi connectivity index (χ4v) is 8.67. The number of aromatic amines is 2. The molecule has 2 N–H and O–H groups in total. The predicted octanol–water partition coefficient (Wildman–Crippen LogP) is 9.80. The van der Waals surface area contributed by atoms with E-state index in [4.69, 9.17) is 19.4 Å². The number of amides is 2. The Bertz CT molecular complexity index is 1820. The van der Waals surface area contributed by atoms with Crippen molar-refractivity contribution >= 4 is 44.0 Å². The molecule has 4 fully saturated rings. The molecule has 2 aliphatic heterocycles. The van der Waals surface area contributed by atoms with E-state index < -0.39 is 11.2 Å². The van der Waals surface area contributed by atoms with Crippen LogP contribution in [0.5, 0.6) is 0 Å². The van der Waals surface area contributed by atoms with E-state index in [0.717, 1.165) is 80.2 Å². The SMILES string of the molecule is CC(C)(C)OC(=O)N1C2C[C@@H]2C[C@H]1c1nc(-c2ccc(-c3ccc(-c4nc([C@@H]5CC6C[C@H]6N5C(=O)OC(C)(C)C)[nH]c4Br)cc3)cc2)c(Br)[nH]1. The minimum atomic E-state index is -0.548. The highest BCUT2D eigenvalue weighted by atomic mass is 79.9. The summed E-state index contributed by atoms with van der Waals surface area (Å²) in [7, 11) is 0. The largest absolute Gasteiger partial charge is 0.444 e. The van der Waals surface area contributed by atoms with E-state index in [1.54, 1.807) is 0 Å². The van der Waals surface area contributed by atoms with Crippen LogP contribution in [-0.4, -0.2) is 65.2 Å². The van der Waals surface area contributed by atoms with Crippen molar-refractivity contribution in [3.63, 3.8) is 0 Å². The number of aromatic nitrogens is 4. The zero-order chi connectivity index (χ0) is 35.3. The summed E-state index contributed by atoms with van der Waals surface area (Å²) in [6.45, 7) is 11.4. The Hall–Kier alpha value is -3.64. The van der Waals surface area contributed by atoms with E-state index in [-0.39, 0.29) is 36.4 Å². The molecule has 12 heteroatoms. The Morgan fingerprint density at radius 2 is 0.960 bits per heavy atom. The molecule has 2 aromatic carbocycles. The molecule has 4 aromatic rings. The van der Waals surface area contributed by atoms with Gasteiger partial charge in [-0.25, -0.2) is 19.6 Å². The first kappa shape index (κ1) is 33.5. The van der Waals surface area contributed by atoms with Crippen LogP contribution in [0.4, 0.5) is 9.59 Å². The minimum Gasteiger partial charge on any atom is -0.444 e. The Balaban J connectivity index is 0.968. The lowest BCUT2D eigenvalue weighted by Gasteiger charge is -2.29. The van der Waals surface area contributed by atoms with E-state index in [1.165, 1.54) is 0 Å². The quantitative estimate of drug-likeness (QED) is 0.208. The molecular formula is C38H42Br2N6O4. The third-order valence-electron chi connectivity index (χ3n) is 10.1. The lowest BCUT2D eigenvalue weighted by Crippen LogP contribution is -2.38. The van der Waals surface area contributed by atoms with Crippen LogP contribution in [0.2, 0.25) is 0 Å². The van der Waals surface area contributed by atoms with E-state index in [0.29, 0.717) is 11.8 Å². The minimum absolute atomic E-state index is 0.130. The van der Waals surface area contributed by atoms with Crippen LogP contribution in [0.25, 0.3) is 33.6 Å². The van der Waals surface area contributed by atoms with E-state index in [2.05, 4.69) is 90.4 Å². The second kappa shape index (κ2) is 12.0. The number of piperidine rings is 2. The number of imidazole rings is 2. The molecule has 0 spiro atoms. The number of halogens is 2. The summed E-state index contributed by atoms with van der Waals surface area (Å²) in [5, 5.41) is 0. The fraction of sp³-hybridized carbons (Fsp3) is 0.474. The van der Waals surface area contributed by atoms with Gasteiger partial charge in [0.05, 0.1) is 12.1 Å². The van der Waals surface area contributed by atoms with Gasteiger partial charge in [0, 0.05) is 23.2 Å². The number of likely N-dealkylation sites (tertiary alicyclic amines) is 2. The van der Waals surface area contributed by atoms with Gasteiger partial charge in [0.25, 0.3) is 0 Å². The van der Waals surface area contributed by atoms with Gasteiger partial charge in [-0.15, -0.1) is 0 Å². The number of rotatable bonds is 5. The van der Waals surface area contributed by atoms with Gasteiger partial charge in [0.2, 0.25) is 0 Å². The van der Waals surface area contributed by atoms with Gasteiger partial charge >= 0.3 is 12.2 Å². The van der Waals surface area contributed by atoms with Crippen molar-refractivity contribution in [3.05, 3.63) is 69.4 Å². The molecule has 2 amide bonds. The molecule has 2 aliphatic carbocycles. The summed E-state index contributed by atoms with van der Waals surface area (Å²) in [6, 6.07) is 16.9. The molecule has 2 saturated heterocycles. The van der Waals surface area contributed by atoms with E-state index >= 15 is 0 Å². The second-order valence-electron chi connectivity index (χ2n) is 16.1. The lowest BCUT2D eigenvalue weighted by atomic mass is 10.0. The number of H-pyrrole nitrogens is 2. The third-order valence-corrected chi connectivity index (χ3v) is 11.2. The number of fused-ring (bicyclic) bond motifs is 2. The fourth-order valence-electron chi connectivity index (χ4n) is 7.63. The zero-order valence-corrected chi connectivity index (χ0v) is 32.3. The Kier molecular flexibility index (Phi) is 8.02. The van der Waals surface area contributed by atoms with Crippen LogP contribution in [-0.2, 0) is 9.47 Å². The molecule has 8 rings (SSSR count). The first-order valence-electron chi connectivity index (χ1n) is 17.4. The number of nitrogens with one attached hydrogen (secondary N) is 2. The lowest BCUT2D eigenvalue weighted by molar-refractivity contribution is 0.0164. The first-order valence-corrected chi connectivity index (χ1v) is 19.0. The molecule has 6 atom stereocenters.